The third-order valence-electron chi connectivity index (χ3n) is 3.08. The normalized spacial score (nSPS) is 10.4. The quantitative estimate of drug-likeness (QED) is 0.761. The molecule has 2 aromatic rings. The van der Waals surface area contributed by atoms with Crippen LogP contribution in [0.3, 0.4) is 0 Å². The summed E-state index contributed by atoms with van der Waals surface area (Å²) in [4.78, 5) is 25.2. The predicted molar refractivity (Wildman–Crippen MR) is 91.4 cm³/mol. The Balaban J connectivity index is 1.91. The Hall–Kier alpha value is -1.73. The number of aryl methyl sites for hydroxylation is 2. The van der Waals surface area contributed by atoms with E-state index in [1.807, 2.05) is 13.8 Å². The molecule has 23 heavy (non-hydrogen) atoms. The molecule has 0 fully saturated rings. The third-order valence-corrected chi connectivity index (χ3v) is 4.94. The molecule has 1 aromatic carbocycles. The Morgan fingerprint density at radius 2 is 2.09 bits per heavy atom. The van der Waals surface area contributed by atoms with Crippen LogP contribution in [-0.2, 0) is 16.0 Å². The van der Waals surface area contributed by atoms with Crippen LogP contribution in [0.15, 0.2) is 28.7 Å². The Bertz CT molecular complexity index is 745. The number of hydrogen-bond acceptors (Lipinski definition) is 4. The molecule has 122 valence electrons. The summed E-state index contributed by atoms with van der Waals surface area (Å²) in [5, 5.41) is 2.36. The third kappa shape index (κ3) is 4.62. The topological polar surface area (TPSA) is 55.4 Å². The molecule has 1 heterocycles. The first-order valence-electron chi connectivity index (χ1n) is 6.92. The van der Waals surface area contributed by atoms with Gasteiger partial charge in [0.1, 0.15) is 10.7 Å². The second-order valence-electron chi connectivity index (χ2n) is 4.82. The highest BCUT2D eigenvalue weighted by molar-refractivity contribution is 9.10. The van der Waals surface area contributed by atoms with E-state index < -0.39 is 24.3 Å². The first-order chi connectivity index (χ1) is 10.9. The van der Waals surface area contributed by atoms with E-state index in [-0.39, 0.29) is 5.69 Å². The van der Waals surface area contributed by atoms with Crippen LogP contribution in [0.1, 0.15) is 27.0 Å². The van der Waals surface area contributed by atoms with E-state index in [1.54, 1.807) is 12.1 Å². The zero-order valence-electron chi connectivity index (χ0n) is 12.6. The van der Waals surface area contributed by atoms with Crippen LogP contribution in [0, 0.1) is 12.7 Å². The number of carbonyl (C=O) groups is 2. The van der Waals surface area contributed by atoms with E-state index >= 15 is 0 Å². The maximum absolute atomic E-state index is 13.6. The van der Waals surface area contributed by atoms with Crippen molar-refractivity contribution in [2.24, 2.45) is 0 Å². The van der Waals surface area contributed by atoms with Gasteiger partial charge >= 0.3 is 5.97 Å². The van der Waals surface area contributed by atoms with Gasteiger partial charge in [0.15, 0.2) is 6.61 Å². The summed E-state index contributed by atoms with van der Waals surface area (Å²) < 4.78 is 19.1. The Labute approximate surface area is 145 Å². The van der Waals surface area contributed by atoms with E-state index in [2.05, 4.69) is 21.2 Å². The van der Waals surface area contributed by atoms with Crippen LogP contribution in [-0.4, -0.2) is 18.5 Å². The average molecular weight is 400 g/mol. The fourth-order valence-electron chi connectivity index (χ4n) is 1.95. The van der Waals surface area contributed by atoms with E-state index in [1.165, 1.54) is 23.5 Å². The molecule has 0 aliphatic heterocycles. The molecule has 0 radical (unpaired) electrons. The Kier molecular flexibility index (Phi) is 5.90. The van der Waals surface area contributed by atoms with Crippen molar-refractivity contribution < 1.29 is 18.7 Å². The number of hydrogen-bond donors (Lipinski definition) is 1. The van der Waals surface area contributed by atoms with Crippen molar-refractivity contribution in [2.45, 2.75) is 20.3 Å². The highest BCUT2D eigenvalue weighted by Gasteiger charge is 2.15. The zero-order valence-corrected chi connectivity index (χ0v) is 15.0. The van der Waals surface area contributed by atoms with Gasteiger partial charge in [-0.1, -0.05) is 22.9 Å². The molecule has 1 amide bonds. The van der Waals surface area contributed by atoms with Crippen molar-refractivity contribution in [2.75, 3.05) is 11.9 Å². The first-order valence-corrected chi connectivity index (χ1v) is 8.53. The predicted octanol–water partition coefficient (Wildman–Crippen LogP) is 4.32. The summed E-state index contributed by atoms with van der Waals surface area (Å²) in [7, 11) is 0. The van der Waals surface area contributed by atoms with Crippen molar-refractivity contribution in [3.05, 3.63) is 49.9 Å². The molecule has 0 unspecified atom stereocenters. The van der Waals surface area contributed by atoms with Gasteiger partial charge in [-0.05, 0) is 43.2 Å². The lowest BCUT2D eigenvalue weighted by Crippen LogP contribution is -2.21. The molecule has 7 heteroatoms. The van der Waals surface area contributed by atoms with Crippen molar-refractivity contribution in [1.29, 1.82) is 0 Å². The fourth-order valence-corrected chi connectivity index (χ4v) is 3.29. The van der Waals surface area contributed by atoms with Gasteiger partial charge in [0, 0.05) is 9.35 Å². The number of esters is 1. The van der Waals surface area contributed by atoms with Gasteiger partial charge in [-0.2, -0.15) is 0 Å². The molecular formula is C16H15BrFNO3S. The van der Waals surface area contributed by atoms with Gasteiger partial charge in [0.25, 0.3) is 5.91 Å². The summed E-state index contributed by atoms with van der Waals surface area (Å²) in [5.74, 6) is -1.71. The number of amides is 1. The number of thiophene rings is 1. The van der Waals surface area contributed by atoms with Gasteiger partial charge in [-0.3, -0.25) is 4.79 Å². The second kappa shape index (κ2) is 7.70. The van der Waals surface area contributed by atoms with Crippen LogP contribution >= 0.6 is 27.3 Å². The molecule has 0 aliphatic rings. The first kappa shape index (κ1) is 17.6. The second-order valence-corrected chi connectivity index (χ2v) is 6.87. The minimum absolute atomic E-state index is 0.0366. The molecule has 0 atom stereocenters. The fraction of sp³-hybridized carbons (Fsp3) is 0.250. The number of ether oxygens (including phenoxy) is 1. The molecule has 1 N–H and O–H groups in total. The number of halogens is 2. The van der Waals surface area contributed by atoms with E-state index in [9.17, 15) is 14.0 Å². The summed E-state index contributed by atoms with van der Waals surface area (Å²) in [5.41, 5.74) is 1.07. The molecule has 0 aliphatic carbocycles. The highest BCUT2D eigenvalue weighted by Crippen LogP contribution is 2.23. The van der Waals surface area contributed by atoms with Gasteiger partial charge in [0.2, 0.25) is 0 Å². The molecule has 1 aromatic heterocycles. The lowest BCUT2D eigenvalue weighted by Gasteiger charge is -2.07. The summed E-state index contributed by atoms with van der Waals surface area (Å²) in [6, 6.07) is 6.02. The number of nitrogens with one attached hydrogen (secondary N) is 1. The van der Waals surface area contributed by atoms with E-state index in [0.717, 1.165) is 16.9 Å². The van der Waals surface area contributed by atoms with Crippen LogP contribution in [0.5, 0.6) is 0 Å². The Morgan fingerprint density at radius 1 is 1.35 bits per heavy atom. The number of benzene rings is 1. The van der Waals surface area contributed by atoms with Gasteiger partial charge in [0.05, 0.1) is 5.69 Å². The molecule has 0 spiro atoms. The van der Waals surface area contributed by atoms with Gasteiger partial charge < -0.3 is 10.1 Å². The Morgan fingerprint density at radius 3 is 2.70 bits per heavy atom. The molecule has 4 nitrogen and oxygen atoms in total. The van der Waals surface area contributed by atoms with Gasteiger partial charge in [-0.25, -0.2) is 9.18 Å². The SMILES string of the molecule is CCc1sc(C(=O)OCC(=O)Nc2ccc(Br)cc2F)cc1C. The molecule has 0 saturated heterocycles. The minimum atomic E-state index is -0.594. The van der Waals surface area contributed by atoms with Gasteiger partial charge in [-0.15, -0.1) is 11.3 Å². The van der Waals surface area contributed by atoms with Crippen LogP contribution in [0.4, 0.5) is 10.1 Å². The van der Waals surface area contributed by atoms with Crippen molar-refractivity contribution >= 4 is 44.8 Å². The van der Waals surface area contributed by atoms with Crippen molar-refractivity contribution in [3.63, 3.8) is 0 Å². The van der Waals surface area contributed by atoms with E-state index in [4.69, 9.17) is 4.74 Å². The molecular weight excluding hydrogens is 385 g/mol. The monoisotopic (exact) mass is 399 g/mol. The zero-order chi connectivity index (χ0) is 17.0. The van der Waals surface area contributed by atoms with Crippen molar-refractivity contribution in [3.8, 4) is 0 Å². The summed E-state index contributed by atoms with van der Waals surface area (Å²) in [6.45, 7) is 3.47. The molecule has 0 saturated carbocycles. The highest BCUT2D eigenvalue weighted by atomic mass is 79.9. The summed E-state index contributed by atoms with van der Waals surface area (Å²) >= 11 is 4.49. The lowest BCUT2D eigenvalue weighted by atomic mass is 10.2. The maximum atomic E-state index is 13.6. The molecule has 2 rings (SSSR count). The number of rotatable bonds is 5. The lowest BCUT2D eigenvalue weighted by molar-refractivity contribution is -0.119. The van der Waals surface area contributed by atoms with Crippen LogP contribution in [0.25, 0.3) is 0 Å². The van der Waals surface area contributed by atoms with Crippen molar-refractivity contribution in [1.82, 2.24) is 0 Å². The smallest absolute Gasteiger partial charge is 0.348 e. The number of carbonyl (C=O) groups excluding carboxylic acids is 2. The van der Waals surface area contributed by atoms with Crippen LogP contribution in [0.2, 0.25) is 0 Å². The summed E-state index contributed by atoms with van der Waals surface area (Å²) in [6.07, 6.45) is 0.840. The number of anilines is 1. The molecule has 0 bridgehead atoms. The van der Waals surface area contributed by atoms with E-state index in [0.29, 0.717) is 9.35 Å². The average Bonchev–Trinajstić information content (AvgIpc) is 2.89. The standard InChI is InChI=1S/C16H15BrFNO3S/c1-3-13-9(2)6-14(23-13)16(21)22-8-15(20)19-12-5-4-10(17)7-11(12)18/h4-7H,3,8H2,1-2H3,(H,19,20). The minimum Gasteiger partial charge on any atom is -0.451 e. The van der Waals surface area contributed by atoms with Crippen LogP contribution < -0.4 is 5.32 Å². The maximum Gasteiger partial charge on any atom is 0.348 e. The largest absolute Gasteiger partial charge is 0.451 e.